The quantitative estimate of drug-likeness (QED) is 0.684. The Kier molecular flexibility index (Phi) is 3.65. The molecule has 1 unspecified atom stereocenters. The Morgan fingerprint density at radius 3 is 2.38 bits per heavy atom. The van der Waals surface area contributed by atoms with E-state index < -0.39 is 0 Å². The molecule has 104 valence electrons. The van der Waals surface area contributed by atoms with Crippen LogP contribution in [0.1, 0.15) is 17.0 Å². The Morgan fingerprint density at radius 1 is 0.952 bits per heavy atom. The van der Waals surface area contributed by atoms with Gasteiger partial charge in [-0.25, -0.2) is 0 Å². The highest BCUT2D eigenvalue weighted by Gasteiger charge is 2.13. The SMILES string of the molecule is COc1ccc2cc(C(C=O)c3ccncc3)ccc2c1. The number of benzene rings is 2. The van der Waals surface area contributed by atoms with Crippen molar-refractivity contribution >= 4 is 17.1 Å². The van der Waals surface area contributed by atoms with Gasteiger partial charge in [0.15, 0.2) is 0 Å². The number of fused-ring (bicyclic) bond motifs is 1. The van der Waals surface area contributed by atoms with Crippen molar-refractivity contribution in [3.8, 4) is 5.75 Å². The topological polar surface area (TPSA) is 39.2 Å². The van der Waals surface area contributed by atoms with E-state index in [1.165, 1.54) is 0 Å². The number of hydrogen-bond acceptors (Lipinski definition) is 3. The highest BCUT2D eigenvalue weighted by Crippen LogP contribution is 2.27. The molecular formula is C18H15NO2. The fraction of sp³-hybridized carbons (Fsp3) is 0.111. The molecule has 3 rings (SSSR count). The lowest BCUT2D eigenvalue weighted by atomic mass is 9.92. The fourth-order valence-electron chi connectivity index (χ4n) is 2.48. The lowest BCUT2D eigenvalue weighted by Gasteiger charge is -2.12. The van der Waals surface area contributed by atoms with Gasteiger partial charge < -0.3 is 9.53 Å². The Morgan fingerprint density at radius 2 is 1.67 bits per heavy atom. The van der Waals surface area contributed by atoms with Crippen LogP contribution < -0.4 is 4.74 Å². The highest BCUT2D eigenvalue weighted by atomic mass is 16.5. The van der Waals surface area contributed by atoms with Gasteiger partial charge in [-0.05, 0) is 46.2 Å². The maximum Gasteiger partial charge on any atom is 0.131 e. The molecule has 1 heterocycles. The zero-order chi connectivity index (χ0) is 14.7. The van der Waals surface area contributed by atoms with Crippen LogP contribution in [0.15, 0.2) is 60.9 Å². The largest absolute Gasteiger partial charge is 0.497 e. The van der Waals surface area contributed by atoms with Crippen LogP contribution in [0.3, 0.4) is 0 Å². The summed E-state index contributed by atoms with van der Waals surface area (Å²) in [6, 6.07) is 15.7. The predicted octanol–water partition coefficient (Wildman–Crippen LogP) is 3.57. The van der Waals surface area contributed by atoms with E-state index in [9.17, 15) is 4.79 Å². The molecule has 0 saturated carbocycles. The molecule has 0 fully saturated rings. The molecule has 0 saturated heterocycles. The normalized spacial score (nSPS) is 12.0. The van der Waals surface area contributed by atoms with E-state index in [0.717, 1.165) is 33.9 Å². The minimum atomic E-state index is -0.264. The number of aromatic nitrogens is 1. The van der Waals surface area contributed by atoms with Crippen LogP contribution in [-0.4, -0.2) is 18.4 Å². The summed E-state index contributed by atoms with van der Waals surface area (Å²) >= 11 is 0. The summed E-state index contributed by atoms with van der Waals surface area (Å²) in [5, 5.41) is 2.19. The van der Waals surface area contributed by atoms with Crippen LogP contribution in [0.5, 0.6) is 5.75 Å². The molecule has 0 spiro atoms. The number of carbonyl (C=O) groups is 1. The molecule has 1 atom stereocenters. The van der Waals surface area contributed by atoms with Gasteiger partial charge >= 0.3 is 0 Å². The third-order valence-electron chi connectivity index (χ3n) is 3.63. The highest BCUT2D eigenvalue weighted by molar-refractivity contribution is 5.86. The van der Waals surface area contributed by atoms with Crippen molar-refractivity contribution in [2.24, 2.45) is 0 Å². The first-order valence-electron chi connectivity index (χ1n) is 6.75. The van der Waals surface area contributed by atoms with Crippen molar-refractivity contribution in [1.29, 1.82) is 0 Å². The number of ether oxygens (including phenoxy) is 1. The van der Waals surface area contributed by atoms with Gasteiger partial charge in [-0.2, -0.15) is 0 Å². The zero-order valence-electron chi connectivity index (χ0n) is 11.7. The number of carbonyl (C=O) groups excluding carboxylic acids is 1. The first-order valence-corrected chi connectivity index (χ1v) is 6.75. The van der Waals surface area contributed by atoms with E-state index in [4.69, 9.17) is 4.74 Å². The number of nitrogens with zero attached hydrogens (tertiary/aromatic N) is 1. The van der Waals surface area contributed by atoms with E-state index in [0.29, 0.717) is 0 Å². The Labute approximate surface area is 123 Å². The average Bonchev–Trinajstić information content (AvgIpc) is 2.56. The monoisotopic (exact) mass is 277 g/mol. The van der Waals surface area contributed by atoms with Crippen molar-refractivity contribution < 1.29 is 9.53 Å². The van der Waals surface area contributed by atoms with Crippen LogP contribution in [0, 0.1) is 0 Å². The second kappa shape index (κ2) is 5.75. The van der Waals surface area contributed by atoms with E-state index in [1.54, 1.807) is 19.5 Å². The van der Waals surface area contributed by atoms with Crippen LogP contribution >= 0.6 is 0 Å². The van der Waals surface area contributed by atoms with Crippen LogP contribution in [0.25, 0.3) is 10.8 Å². The molecule has 0 aliphatic heterocycles. The van der Waals surface area contributed by atoms with Crippen molar-refractivity contribution in [3.05, 3.63) is 72.1 Å². The summed E-state index contributed by atoms with van der Waals surface area (Å²) in [5.41, 5.74) is 1.93. The fourth-order valence-corrected chi connectivity index (χ4v) is 2.48. The van der Waals surface area contributed by atoms with Gasteiger partial charge in [0.05, 0.1) is 13.0 Å². The van der Waals surface area contributed by atoms with Gasteiger partial charge in [-0.15, -0.1) is 0 Å². The Bertz CT molecular complexity index is 769. The van der Waals surface area contributed by atoms with E-state index in [2.05, 4.69) is 4.98 Å². The van der Waals surface area contributed by atoms with Crippen LogP contribution in [0.4, 0.5) is 0 Å². The summed E-state index contributed by atoms with van der Waals surface area (Å²) in [5.74, 6) is 0.566. The minimum absolute atomic E-state index is 0.264. The molecule has 2 aromatic carbocycles. The molecule has 0 radical (unpaired) electrons. The van der Waals surface area contributed by atoms with Gasteiger partial charge in [0.2, 0.25) is 0 Å². The summed E-state index contributed by atoms with van der Waals surface area (Å²) in [6.07, 6.45) is 4.38. The second-order valence-corrected chi connectivity index (χ2v) is 4.87. The van der Waals surface area contributed by atoms with Gasteiger partial charge in [-0.3, -0.25) is 4.98 Å². The molecule has 0 bridgehead atoms. The Hall–Kier alpha value is -2.68. The van der Waals surface area contributed by atoms with Gasteiger partial charge in [-0.1, -0.05) is 24.3 Å². The van der Waals surface area contributed by atoms with E-state index in [1.807, 2.05) is 48.5 Å². The summed E-state index contributed by atoms with van der Waals surface area (Å²) < 4.78 is 5.23. The first-order chi connectivity index (χ1) is 10.3. The molecule has 0 aliphatic rings. The molecule has 3 nitrogen and oxygen atoms in total. The molecule has 21 heavy (non-hydrogen) atoms. The standard InChI is InChI=1S/C18H15NO2/c1-21-17-5-4-14-10-16(3-2-15(14)11-17)18(12-20)13-6-8-19-9-7-13/h2-12,18H,1H3. The van der Waals surface area contributed by atoms with E-state index in [-0.39, 0.29) is 5.92 Å². The number of aldehydes is 1. The molecule has 0 aliphatic carbocycles. The average molecular weight is 277 g/mol. The van der Waals surface area contributed by atoms with Crippen LogP contribution in [-0.2, 0) is 4.79 Å². The predicted molar refractivity (Wildman–Crippen MR) is 82.6 cm³/mol. The van der Waals surface area contributed by atoms with Gasteiger partial charge in [0.1, 0.15) is 12.0 Å². The maximum absolute atomic E-state index is 11.5. The number of hydrogen-bond donors (Lipinski definition) is 0. The third-order valence-corrected chi connectivity index (χ3v) is 3.63. The maximum atomic E-state index is 11.5. The number of rotatable bonds is 4. The number of methoxy groups -OCH3 is 1. The molecule has 3 aromatic rings. The minimum Gasteiger partial charge on any atom is -0.497 e. The second-order valence-electron chi connectivity index (χ2n) is 4.87. The van der Waals surface area contributed by atoms with E-state index >= 15 is 0 Å². The summed E-state index contributed by atoms with van der Waals surface area (Å²) in [7, 11) is 1.65. The first kappa shape index (κ1) is 13.3. The summed E-state index contributed by atoms with van der Waals surface area (Å²) in [4.78, 5) is 15.5. The van der Waals surface area contributed by atoms with Gasteiger partial charge in [0.25, 0.3) is 0 Å². The lowest BCUT2D eigenvalue weighted by Crippen LogP contribution is -2.02. The lowest BCUT2D eigenvalue weighted by molar-refractivity contribution is -0.108. The van der Waals surface area contributed by atoms with Crippen molar-refractivity contribution in [2.45, 2.75) is 5.92 Å². The van der Waals surface area contributed by atoms with Gasteiger partial charge in [0, 0.05) is 12.4 Å². The molecular weight excluding hydrogens is 262 g/mol. The van der Waals surface area contributed by atoms with Crippen molar-refractivity contribution in [2.75, 3.05) is 7.11 Å². The third kappa shape index (κ3) is 2.63. The Balaban J connectivity index is 2.05. The zero-order valence-corrected chi connectivity index (χ0v) is 11.7. The molecule has 3 heteroatoms. The summed E-state index contributed by atoms with van der Waals surface area (Å²) in [6.45, 7) is 0. The van der Waals surface area contributed by atoms with Crippen molar-refractivity contribution in [1.82, 2.24) is 4.98 Å². The van der Waals surface area contributed by atoms with Crippen LogP contribution in [0.2, 0.25) is 0 Å². The molecule has 1 aromatic heterocycles. The smallest absolute Gasteiger partial charge is 0.131 e. The molecule has 0 amide bonds. The number of pyridine rings is 1. The molecule has 0 N–H and O–H groups in total. The van der Waals surface area contributed by atoms with Crippen molar-refractivity contribution in [3.63, 3.8) is 0 Å².